The van der Waals surface area contributed by atoms with E-state index >= 15 is 0 Å². The summed E-state index contributed by atoms with van der Waals surface area (Å²) in [7, 11) is 1.80. The van der Waals surface area contributed by atoms with Gasteiger partial charge in [-0.1, -0.05) is 19.9 Å². The maximum absolute atomic E-state index is 10.5. The van der Waals surface area contributed by atoms with Crippen molar-refractivity contribution in [2.75, 3.05) is 7.11 Å². The van der Waals surface area contributed by atoms with Crippen LogP contribution in [0.15, 0.2) is 23.5 Å². The van der Waals surface area contributed by atoms with E-state index in [2.05, 4.69) is 26.0 Å². The molecule has 2 nitrogen and oxygen atoms in total. The normalized spacial score (nSPS) is 50.4. The topological polar surface area (TPSA) is 29.5 Å². The average Bonchev–Trinajstić information content (AvgIpc) is 2.82. The Balaban J connectivity index is 1.69. The first-order chi connectivity index (χ1) is 10.5. The van der Waals surface area contributed by atoms with Crippen molar-refractivity contribution in [3.8, 4) is 0 Å². The fourth-order valence-electron chi connectivity index (χ4n) is 6.43. The highest BCUT2D eigenvalue weighted by atomic mass is 16.5. The van der Waals surface area contributed by atoms with Crippen molar-refractivity contribution < 1.29 is 9.84 Å². The number of ether oxygens (including phenoxy) is 1. The minimum absolute atomic E-state index is 0.0667. The molecule has 4 rings (SSSR count). The fraction of sp³-hybridized carbons (Fsp3) is 0.800. The average molecular weight is 302 g/mol. The highest BCUT2D eigenvalue weighted by Crippen LogP contribution is 2.64. The van der Waals surface area contributed by atoms with Crippen molar-refractivity contribution >= 4 is 0 Å². The standard InChI is InChI=1S/C20H30O2/c1-19-10-8-14(22-3)12-13(19)4-5-15-16-6-7-18(21)20(16,2)11-9-17(15)19/h4,12,15-18,21H,5-11H2,1-3H3/t15?,16?,17?,18-,19-,20-/m0/s1. The van der Waals surface area contributed by atoms with Gasteiger partial charge in [0.2, 0.25) is 0 Å². The Morgan fingerprint density at radius 1 is 1.14 bits per heavy atom. The van der Waals surface area contributed by atoms with Gasteiger partial charge in [0.25, 0.3) is 0 Å². The van der Waals surface area contributed by atoms with E-state index in [1.807, 2.05) is 0 Å². The van der Waals surface area contributed by atoms with Crippen molar-refractivity contribution in [3.05, 3.63) is 23.5 Å². The third kappa shape index (κ3) is 1.82. The monoisotopic (exact) mass is 302 g/mol. The van der Waals surface area contributed by atoms with Gasteiger partial charge in [0.05, 0.1) is 19.0 Å². The second-order valence-electron chi connectivity index (χ2n) is 8.64. The largest absolute Gasteiger partial charge is 0.501 e. The summed E-state index contributed by atoms with van der Waals surface area (Å²) in [5, 5.41) is 10.5. The lowest BCUT2D eigenvalue weighted by atomic mass is 9.48. The SMILES string of the molecule is COC1=CC2=CCC3C(CC[C@@]4(C)C3CC[C@@H]4O)[C@@]2(C)CC1. The van der Waals surface area contributed by atoms with E-state index in [-0.39, 0.29) is 11.5 Å². The Morgan fingerprint density at radius 2 is 1.95 bits per heavy atom. The Labute approximate surface area is 134 Å². The molecule has 0 spiro atoms. The molecule has 2 fully saturated rings. The smallest absolute Gasteiger partial charge is 0.0958 e. The number of aliphatic hydroxyl groups is 1. The molecule has 2 heteroatoms. The van der Waals surface area contributed by atoms with Gasteiger partial charge in [-0.25, -0.2) is 0 Å². The minimum Gasteiger partial charge on any atom is -0.501 e. The van der Waals surface area contributed by atoms with Crippen molar-refractivity contribution in [2.24, 2.45) is 28.6 Å². The zero-order chi connectivity index (χ0) is 15.5. The van der Waals surface area contributed by atoms with Gasteiger partial charge in [-0.15, -0.1) is 0 Å². The molecule has 0 heterocycles. The van der Waals surface area contributed by atoms with Crippen molar-refractivity contribution in [2.45, 2.75) is 64.9 Å². The van der Waals surface area contributed by atoms with Crippen LogP contribution in [0.2, 0.25) is 0 Å². The molecular weight excluding hydrogens is 272 g/mol. The summed E-state index contributed by atoms with van der Waals surface area (Å²) >= 11 is 0. The van der Waals surface area contributed by atoms with Crippen LogP contribution in [0.5, 0.6) is 0 Å². The first-order valence-corrected chi connectivity index (χ1v) is 9.12. The van der Waals surface area contributed by atoms with Gasteiger partial charge in [0.1, 0.15) is 0 Å². The molecule has 0 aliphatic heterocycles. The molecule has 4 aliphatic carbocycles. The summed E-state index contributed by atoms with van der Waals surface area (Å²) in [6.07, 6.45) is 13.0. The van der Waals surface area contributed by atoms with Crippen LogP contribution in [0.3, 0.4) is 0 Å². The van der Waals surface area contributed by atoms with E-state index in [9.17, 15) is 5.11 Å². The molecule has 22 heavy (non-hydrogen) atoms. The lowest BCUT2D eigenvalue weighted by molar-refractivity contribution is -0.0634. The maximum atomic E-state index is 10.5. The highest BCUT2D eigenvalue weighted by Gasteiger charge is 2.57. The first-order valence-electron chi connectivity index (χ1n) is 9.12. The zero-order valence-corrected chi connectivity index (χ0v) is 14.3. The molecule has 6 atom stereocenters. The molecule has 0 aromatic rings. The number of hydrogen-bond acceptors (Lipinski definition) is 2. The molecule has 0 aromatic heterocycles. The van der Waals surface area contributed by atoms with Crippen molar-refractivity contribution in [1.82, 2.24) is 0 Å². The molecule has 3 unspecified atom stereocenters. The lowest BCUT2D eigenvalue weighted by Gasteiger charge is -2.56. The number of methoxy groups -OCH3 is 1. The number of allylic oxidation sites excluding steroid dienone is 4. The van der Waals surface area contributed by atoms with Gasteiger partial charge in [0.15, 0.2) is 0 Å². The van der Waals surface area contributed by atoms with Gasteiger partial charge < -0.3 is 9.84 Å². The first kappa shape index (κ1) is 14.8. The summed E-state index contributed by atoms with van der Waals surface area (Å²) in [4.78, 5) is 0. The predicted octanol–water partition coefficient (Wildman–Crippen LogP) is 4.45. The van der Waals surface area contributed by atoms with Gasteiger partial charge in [-0.3, -0.25) is 0 Å². The molecule has 0 aromatic carbocycles. The minimum atomic E-state index is -0.0667. The lowest BCUT2D eigenvalue weighted by Crippen LogP contribution is -2.50. The third-order valence-electron chi connectivity index (χ3n) is 7.94. The van der Waals surface area contributed by atoms with Crippen LogP contribution < -0.4 is 0 Å². The van der Waals surface area contributed by atoms with Crippen LogP contribution in [-0.2, 0) is 4.74 Å². The fourth-order valence-corrected chi connectivity index (χ4v) is 6.43. The summed E-state index contributed by atoms with van der Waals surface area (Å²) < 4.78 is 5.51. The highest BCUT2D eigenvalue weighted by molar-refractivity contribution is 5.35. The van der Waals surface area contributed by atoms with E-state index in [1.165, 1.54) is 37.7 Å². The van der Waals surface area contributed by atoms with Gasteiger partial charge in [0, 0.05) is 6.42 Å². The van der Waals surface area contributed by atoms with Crippen LogP contribution in [0, 0.1) is 28.6 Å². The Kier molecular flexibility index (Phi) is 3.28. The van der Waals surface area contributed by atoms with Crippen LogP contribution in [0.25, 0.3) is 0 Å². The van der Waals surface area contributed by atoms with E-state index < -0.39 is 0 Å². The number of fused-ring (bicyclic) bond motifs is 5. The maximum Gasteiger partial charge on any atom is 0.0958 e. The van der Waals surface area contributed by atoms with Crippen LogP contribution in [0.1, 0.15) is 58.8 Å². The van der Waals surface area contributed by atoms with E-state index in [0.29, 0.717) is 5.41 Å². The van der Waals surface area contributed by atoms with Gasteiger partial charge in [-0.05, 0) is 78.8 Å². The van der Waals surface area contributed by atoms with Crippen molar-refractivity contribution in [3.63, 3.8) is 0 Å². The second-order valence-corrected chi connectivity index (χ2v) is 8.64. The molecule has 0 amide bonds. The van der Waals surface area contributed by atoms with Gasteiger partial charge in [-0.2, -0.15) is 0 Å². The predicted molar refractivity (Wildman–Crippen MR) is 88.2 cm³/mol. The summed E-state index contributed by atoms with van der Waals surface area (Å²) in [6, 6.07) is 0. The van der Waals surface area contributed by atoms with Gasteiger partial charge >= 0.3 is 0 Å². The number of hydrogen-bond donors (Lipinski definition) is 1. The summed E-state index contributed by atoms with van der Waals surface area (Å²) in [5.41, 5.74) is 2.05. The Morgan fingerprint density at radius 3 is 2.73 bits per heavy atom. The van der Waals surface area contributed by atoms with E-state index in [1.54, 1.807) is 7.11 Å². The zero-order valence-electron chi connectivity index (χ0n) is 14.3. The van der Waals surface area contributed by atoms with E-state index in [4.69, 9.17) is 4.74 Å². The quantitative estimate of drug-likeness (QED) is 0.775. The Hall–Kier alpha value is -0.760. The molecule has 0 saturated heterocycles. The summed E-state index contributed by atoms with van der Waals surface area (Å²) in [5.74, 6) is 3.45. The molecular formula is C20H30O2. The molecule has 122 valence electrons. The third-order valence-corrected chi connectivity index (χ3v) is 7.94. The van der Waals surface area contributed by atoms with Crippen molar-refractivity contribution in [1.29, 1.82) is 0 Å². The van der Waals surface area contributed by atoms with Crippen LogP contribution in [-0.4, -0.2) is 18.3 Å². The second kappa shape index (κ2) is 4.87. The van der Waals surface area contributed by atoms with Crippen LogP contribution in [0.4, 0.5) is 0 Å². The number of aliphatic hydroxyl groups excluding tert-OH is 1. The number of rotatable bonds is 1. The summed E-state index contributed by atoms with van der Waals surface area (Å²) in [6.45, 7) is 4.85. The van der Waals surface area contributed by atoms with E-state index in [0.717, 1.165) is 36.4 Å². The molecule has 4 aliphatic rings. The molecule has 2 saturated carbocycles. The Bertz CT molecular complexity index is 534. The molecule has 0 bridgehead atoms. The molecule has 1 N–H and O–H groups in total. The molecule has 0 radical (unpaired) electrons. The van der Waals surface area contributed by atoms with Crippen LogP contribution >= 0.6 is 0 Å².